The molecule has 0 aromatic carbocycles. The summed E-state index contributed by atoms with van der Waals surface area (Å²) in [7, 11) is 3.53. The van der Waals surface area contributed by atoms with Gasteiger partial charge in [0.25, 0.3) is 0 Å². The van der Waals surface area contributed by atoms with Crippen LogP contribution in [0.3, 0.4) is 0 Å². The van der Waals surface area contributed by atoms with Crippen molar-refractivity contribution >= 4 is 27.9 Å². The normalized spacial score (nSPS) is 11.3. The number of hydrogen-bond donors (Lipinski definition) is 2. The average Bonchev–Trinajstić information content (AvgIpc) is 2.29. The summed E-state index contributed by atoms with van der Waals surface area (Å²) >= 11 is 3.32. The first-order valence-electron chi connectivity index (χ1n) is 4.72. The first kappa shape index (κ1) is 12.8. The van der Waals surface area contributed by atoms with E-state index in [0.717, 1.165) is 16.5 Å². The summed E-state index contributed by atoms with van der Waals surface area (Å²) in [6, 6.07) is 1.82. The summed E-state index contributed by atoms with van der Waals surface area (Å²) in [6.45, 7) is 0.555. The van der Waals surface area contributed by atoms with Crippen LogP contribution in [0.25, 0.3) is 0 Å². The van der Waals surface area contributed by atoms with Crippen LogP contribution >= 0.6 is 15.9 Å². The number of rotatable bonds is 5. The molecule has 0 fully saturated rings. The number of likely N-dealkylation sites (N-methyl/N-ethyl adjacent to an activating group) is 1. The van der Waals surface area contributed by atoms with Crippen molar-refractivity contribution in [3.8, 4) is 0 Å². The maximum atomic E-state index is 10.9. The number of hydrogen-bond acceptors (Lipinski definition) is 5. The Morgan fingerprint density at radius 1 is 1.62 bits per heavy atom. The molecule has 1 heterocycles. The lowest BCUT2D eigenvalue weighted by atomic mass is 10.1. The zero-order chi connectivity index (χ0) is 12.0. The van der Waals surface area contributed by atoms with E-state index in [-0.39, 0.29) is 0 Å². The van der Waals surface area contributed by atoms with Gasteiger partial charge >= 0.3 is 0 Å². The molecule has 0 saturated heterocycles. The molecule has 0 saturated carbocycles. The Balaban J connectivity index is 3.21. The molecule has 0 aliphatic carbocycles. The fourth-order valence-corrected chi connectivity index (χ4v) is 1.60. The fraction of sp³-hybridized carbons (Fsp3) is 0.300. The average molecular weight is 285 g/mol. The van der Waals surface area contributed by atoms with Gasteiger partial charge in [0, 0.05) is 29.8 Å². The molecule has 0 spiro atoms. The van der Waals surface area contributed by atoms with Gasteiger partial charge in [-0.2, -0.15) is 5.10 Å². The molecule has 6 heteroatoms. The first-order chi connectivity index (χ1) is 7.72. The van der Waals surface area contributed by atoms with Crippen LogP contribution < -0.4 is 10.7 Å². The third kappa shape index (κ3) is 3.11. The van der Waals surface area contributed by atoms with Crippen LogP contribution in [-0.4, -0.2) is 37.6 Å². The summed E-state index contributed by atoms with van der Waals surface area (Å²) in [4.78, 5) is 14.9. The molecule has 86 valence electrons. The number of hydrazone groups is 1. The lowest BCUT2D eigenvalue weighted by Gasteiger charge is -2.08. The van der Waals surface area contributed by atoms with Crippen molar-refractivity contribution in [3.05, 3.63) is 28.0 Å². The molecule has 0 aliphatic rings. The molecule has 1 aromatic rings. The van der Waals surface area contributed by atoms with E-state index in [2.05, 4.69) is 36.8 Å². The Labute approximate surface area is 102 Å². The summed E-state index contributed by atoms with van der Waals surface area (Å²) in [5.41, 5.74) is 4.55. The smallest absolute Gasteiger partial charge is 0.169 e. The number of pyridine rings is 1. The Kier molecular flexibility index (Phi) is 5.07. The van der Waals surface area contributed by atoms with Crippen LogP contribution in [0.15, 0.2) is 21.8 Å². The van der Waals surface area contributed by atoms with Gasteiger partial charge in [0.15, 0.2) is 6.29 Å². The van der Waals surface area contributed by atoms with Gasteiger partial charge in [0.2, 0.25) is 0 Å². The molecule has 16 heavy (non-hydrogen) atoms. The summed E-state index contributed by atoms with van der Waals surface area (Å²) in [5, 5.41) is 7.11. The topological polar surface area (TPSA) is 66.4 Å². The van der Waals surface area contributed by atoms with Gasteiger partial charge in [-0.1, -0.05) is 0 Å². The Bertz CT molecular complexity index is 406. The number of nitrogens with one attached hydrogen (secondary N) is 2. The van der Waals surface area contributed by atoms with Crippen LogP contribution in [0.4, 0.5) is 0 Å². The molecule has 0 aliphatic heterocycles. The van der Waals surface area contributed by atoms with E-state index in [0.29, 0.717) is 17.8 Å². The van der Waals surface area contributed by atoms with Crippen molar-refractivity contribution in [1.82, 2.24) is 15.7 Å². The highest BCUT2D eigenvalue weighted by molar-refractivity contribution is 9.10. The number of carbonyl (C=O) groups excluding carboxylic acids is 1. The molecule has 2 N–H and O–H groups in total. The molecule has 0 bridgehead atoms. The zero-order valence-electron chi connectivity index (χ0n) is 9.12. The minimum atomic E-state index is 0.382. The van der Waals surface area contributed by atoms with E-state index < -0.39 is 0 Å². The molecule has 0 amide bonds. The number of nitrogens with zero attached hydrogens (tertiary/aromatic N) is 2. The predicted molar refractivity (Wildman–Crippen MR) is 66.8 cm³/mol. The molecular weight excluding hydrogens is 272 g/mol. The van der Waals surface area contributed by atoms with E-state index in [1.807, 2.05) is 13.1 Å². The first-order valence-corrected chi connectivity index (χ1v) is 5.51. The zero-order valence-corrected chi connectivity index (χ0v) is 10.7. The quantitative estimate of drug-likeness (QED) is 0.477. The molecule has 1 rings (SSSR count). The molecular formula is C10H13BrN4O. The highest BCUT2D eigenvalue weighted by Crippen LogP contribution is 2.13. The largest absolute Gasteiger partial charge is 0.314 e. The molecule has 0 unspecified atom stereocenters. The van der Waals surface area contributed by atoms with E-state index in [9.17, 15) is 4.79 Å². The second-order valence-corrected chi connectivity index (χ2v) is 3.93. The maximum absolute atomic E-state index is 10.9. The van der Waals surface area contributed by atoms with Gasteiger partial charge in [-0.25, -0.2) is 0 Å². The fourth-order valence-electron chi connectivity index (χ4n) is 1.27. The Morgan fingerprint density at radius 3 is 2.94 bits per heavy atom. The monoisotopic (exact) mass is 284 g/mol. The van der Waals surface area contributed by atoms with Gasteiger partial charge in [-0.05, 0) is 29.0 Å². The van der Waals surface area contributed by atoms with Gasteiger partial charge in [-0.3, -0.25) is 9.78 Å². The number of carbonyl (C=O) groups is 1. The van der Waals surface area contributed by atoms with Crippen LogP contribution in [-0.2, 0) is 0 Å². The van der Waals surface area contributed by atoms with Crippen molar-refractivity contribution < 1.29 is 4.79 Å². The predicted octanol–water partition coefficient (Wildman–Crippen LogP) is 0.799. The third-order valence-electron chi connectivity index (χ3n) is 1.90. The van der Waals surface area contributed by atoms with E-state index in [1.165, 1.54) is 0 Å². The van der Waals surface area contributed by atoms with Crippen molar-refractivity contribution in [2.45, 2.75) is 0 Å². The second kappa shape index (κ2) is 6.34. The van der Waals surface area contributed by atoms with Gasteiger partial charge in [0.1, 0.15) is 5.69 Å². The summed E-state index contributed by atoms with van der Waals surface area (Å²) < 4.78 is 0.813. The Hall–Kier alpha value is -1.27. The van der Waals surface area contributed by atoms with Crippen molar-refractivity contribution in [1.29, 1.82) is 0 Å². The van der Waals surface area contributed by atoms with Crippen LogP contribution in [0.5, 0.6) is 0 Å². The van der Waals surface area contributed by atoms with Gasteiger partial charge in [-0.15, -0.1) is 0 Å². The van der Waals surface area contributed by atoms with Crippen molar-refractivity contribution in [2.75, 3.05) is 20.6 Å². The lowest BCUT2D eigenvalue weighted by Crippen LogP contribution is -2.23. The van der Waals surface area contributed by atoms with Crippen LogP contribution in [0.1, 0.15) is 16.1 Å². The van der Waals surface area contributed by atoms with Gasteiger partial charge < -0.3 is 10.7 Å². The third-order valence-corrected chi connectivity index (χ3v) is 2.33. The summed E-state index contributed by atoms with van der Waals surface area (Å²) in [5.74, 6) is 0. The van der Waals surface area contributed by atoms with Crippen molar-refractivity contribution in [3.63, 3.8) is 0 Å². The SMILES string of the molecule is CNC/C(=N/NC)c1cc(Br)cnc1C=O. The highest BCUT2D eigenvalue weighted by atomic mass is 79.9. The minimum Gasteiger partial charge on any atom is -0.314 e. The number of aldehydes is 1. The van der Waals surface area contributed by atoms with E-state index in [1.54, 1.807) is 13.2 Å². The van der Waals surface area contributed by atoms with Crippen molar-refractivity contribution in [2.24, 2.45) is 5.10 Å². The van der Waals surface area contributed by atoms with E-state index >= 15 is 0 Å². The lowest BCUT2D eigenvalue weighted by molar-refractivity contribution is 0.111. The van der Waals surface area contributed by atoms with Gasteiger partial charge in [0.05, 0.1) is 5.71 Å². The number of halogens is 1. The van der Waals surface area contributed by atoms with Crippen LogP contribution in [0.2, 0.25) is 0 Å². The molecule has 0 atom stereocenters. The number of aromatic nitrogens is 1. The highest BCUT2D eigenvalue weighted by Gasteiger charge is 2.10. The molecule has 1 aromatic heterocycles. The second-order valence-electron chi connectivity index (χ2n) is 3.02. The minimum absolute atomic E-state index is 0.382. The Morgan fingerprint density at radius 2 is 2.38 bits per heavy atom. The maximum Gasteiger partial charge on any atom is 0.169 e. The standard InChI is InChI=1S/C10H13BrN4O/c1-12-5-9(15-13-2)8-3-7(11)4-14-10(8)6-16/h3-4,6,12-13H,5H2,1-2H3/b15-9-. The summed E-state index contributed by atoms with van der Waals surface area (Å²) in [6.07, 6.45) is 2.31. The molecule has 0 radical (unpaired) electrons. The molecule has 5 nitrogen and oxygen atoms in total. The van der Waals surface area contributed by atoms with E-state index in [4.69, 9.17) is 0 Å². The van der Waals surface area contributed by atoms with Crippen LogP contribution in [0, 0.1) is 0 Å².